The van der Waals surface area contributed by atoms with Crippen LogP contribution in [0.4, 0.5) is 4.39 Å². The van der Waals surface area contributed by atoms with Gasteiger partial charge in [0, 0.05) is 13.1 Å². The van der Waals surface area contributed by atoms with E-state index in [-0.39, 0.29) is 18.2 Å². The third kappa shape index (κ3) is 4.55. The minimum Gasteiger partial charge on any atom is -0.314 e. The summed E-state index contributed by atoms with van der Waals surface area (Å²) < 4.78 is 15.3. The van der Waals surface area contributed by atoms with Crippen LogP contribution in [0.1, 0.15) is 37.8 Å². The molecule has 0 bridgehead atoms. The molecule has 1 aliphatic carbocycles. The maximum atomic E-state index is 13.2. The lowest BCUT2D eigenvalue weighted by atomic mass is 9.89. The van der Waals surface area contributed by atoms with Crippen LogP contribution >= 0.6 is 12.4 Å². The summed E-state index contributed by atoms with van der Waals surface area (Å²) in [6.45, 7) is 1.72. The van der Waals surface area contributed by atoms with Crippen molar-refractivity contribution < 1.29 is 4.39 Å². The van der Waals surface area contributed by atoms with Crippen LogP contribution in [0.3, 0.4) is 0 Å². The van der Waals surface area contributed by atoms with E-state index >= 15 is 0 Å². The summed E-state index contributed by atoms with van der Waals surface area (Å²) in [4.78, 5) is 0. The van der Waals surface area contributed by atoms with Crippen molar-refractivity contribution in [1.29, 1.82) is 0 Å². The Morgan fingerprint density at radius 3 is 2.52 bits per heavy atom. The van der Waals surface area contributed by atoms with Gasteiger partial charge in [-0.15, -0.1) is 12.4 Å². The zero-order valence-electron chi connectivity index (χ0n) is 13.6. The van der Waals surface area contributed by atoms with Gasteiger partial charge in [0.2, 0.25) is 0 Å². The smallest absolute Gasteiger partial charge is 0.123 e. The van der Waals surface area contributed by atoms with Gasteiger partial charge in [-0.05, 0) is 61.7 Å². The first-order valence-corrected chi connectivity index (χ1v) is 8.23. The predicted octanol–water partition coefficient (Wildman–Crippen LogP) is 4.41. The fraction of sp³-hybridized carbons (Fsp3) is 0.500. The molecule has 0 radical (unpaired) electrons. The van der Waals surface area contributed by atoms with Gasteiger partial charge in [-0.25, -0.2) is 4.39 Å². The number of nitrogens with zero attached hydrogens (tertiary/aromatic N) is 2. The molecule has 3 nitrogen and oxygen atoms in total. The van der Waals surface area contributed by atoms with Gasteiger partial charge in [0.05, 0.1) is 11.4 Å². The Bertz CT molecular complexity index is 603. The molecule has 0 saturated heterocycles. The van der Waals surface area contributed by atoms with E-state index in [1.807, 2.05) is 19.2 Å². The fourth-order valence-electron chi connectivity index (χ4n) is 3.34. The first-order chi connectivity index (χ1) is 10.8. The van der Waals surface area contributed by atoms with Crippen LogP contribution in [0.15, 0.2) is 30.3 Å². The van der Waals surface area contributed by atoms with Gasteiger partial charge in [0.1, 0.15) is 5.82 Å². The van der Waals surface area contributed by atoms with Crippen molar-refractivity contribution >= 4 is 12.4 Å². The van der Waals surface area contributed by atoms with Gasteiger partial charge < -0.3 is 5.32 Å². The van der Waals surface area contributed by atoms with Crippen LogP contribution in [-0.4, -0.2) is 16.8 Å². The van der Waals surface area contributed by atoms with E-state index in [1.54, 1.807) is 0 Å². The summed E-state index contributed by atoms with van der Waals surface area (Å²) >= 11 is 0. The second-order valence-electron chi connectivity index (χ2n) is 6.24. The lowest BCUT2D eigenvalue weighted by Crippen LogP contribution is -2.16. The molecule has 0 atom stereocenters. The van der Waals surface area contributed by atoms with E-state index in [2.05, 4.69) is 16.1 Å². The van der Waals surface area contributed by atoms with E-state index in [1.165, 1.54) is 44.2 Å². The van der Waals surface area contributed by atoms with E-state index < -0.39 is 0 Å². The van der Waals surface area contributed by atoms with Crippen molar-refractivity contribution in [3.63, 3.8) is 0 Å². The van der Waals surface area contributed by atoms with Crippen LogP contribution in [0, 0.1) is 11.7 Å². The highest BCUT2D eigenvalue weighted by molar-refractivity contribution is 5.85. The van der Waals surface area contributed by atoms with Gasteiger partial charge in [-0.2, -0.15) is 5.10 Å². The van der Waals surface area contributed by atoms with Gasteiger partial charge in [-0.3, -0.25) is 4.68 Å². The molecule has 1 saturated carbocycles. The maximum Gasteiger partial charge on any atom is 0.123 e. The Morgan fingerprint density at radius 2 is 1.87 bits per heavy atom. The second-order valence-corrected chi connectivity index (χ2v) is 6.24. The highest BCUT2D eigenvalue weighted by Gasteiger charge is 2.17. The van der Waals surface area contributed by atoms with Gasteiger partial charge in [0.25, 0.3) is 0 Å². The molecule has 126 valence electrons. The molecule has 0 unspecified atom stereocenters. The Labute approximate surface area is 143 Å². The van der Waals surface area contributed by atoms with Gasteiger partial charge in [0.15, 0.2) is 0 Å². The zero-order valence-corrected chi connectivity index (χ0v) is 14.4. The standard InChI is InChI=1S/C18H24FN3.ClH/c1-20-12-17-11-18(15-7-9-16(19)10-8-15)22(21-17)13-14-5-3-2-4-6-14;/h7-11,14,20H,2-6,12-13H2,1H3;1H. The van der Waals surface area contributed by atoms with Crippen LogP contribution in [0.5, 0.6) is 0 Å². The molecule has 0 aliphatic heterocycles. The van der Waals surface area contributed by atoms with Crippen molar-refractivity contribution in [2.75, 3.05) is 7.05 Å². The average molecular weight is 338 g/mol. The highest BCUT2D eigenvalue weighted by atomic mass is 35.5. The topological polar surface area (TPSA) is 29.9 Å². The lowest BCUT2D eigenvalue weighted by Gasteiger charge is -2.22. The van der Waals surface area contributed by atoms with Crippen LogP contribution in [0.2, 0.25) is 0 Å². The average Bonchev–Trinajstić information content (AvgIpc) is 2.92. The minimum atomic E-state index is -0.197. The minimum absolute atomic E-state index is 0. The summed E-state index contributed by atoms with van der Waals surface area (Å²) in [5, 5.41) is 7.91. The molecule has 3 rings (SSSR count). The summed E-state index contributed by atoms with van der Waals surface area (Å²) in [7, 11) is 1.93. The molecule has 1 aromatic heterocycles. The number of aromatic nitrogens is 2. The summed E-state index contributed by atoms with van der Waals surface area (Å²) in [5.41, 5.74) is 3.17. The predicted molar refractivity (Wildman–Crippen MR) is 94.2 cm³/mol. The van der Waals surface area contributed by atoms with Crippen LogP contribution in [0.25, 0.3) is 11.3 Å². The Hall–Kier alpha value is -1.39. The van der Waals surface area contributed by atoms with Crippen molar-refractivity contribution in [3.8, 4) is 11.3 Å². The second kappa shape index (κ2) is 8.46. The molecule has 1 heterocycles. The zero-order chi connectivity index (χ0) is 15.4. The summed E-state index contributed by atoms with van der Waals surface area (Å²) in [5.74, 6) is 0.521. The molecule has 1 aliphatic rings. The molecule has 0 amide bonds. The molecule has 1 fully saturated rings. The first kappa shape index (κ1) is 18.0. The van der Waals surface area contributed by atoms with Crippen molar-refractivity contribution in [1.82, 2.24) is 15.1 Å². The molecule has 23 heavy (non-hydrogen) atoms. The maximum absolute atomic E-state index is 13.2. The monoisotopic (exact) mass is 337 g/mol. The van der Waals surface area contributed by atoms with Crippen molar-refractivity contribution in [2.24, 2.45) is 5.92 Å². The SMILES string of the molecule is CNCc1cc(-c2ccc(F)cc2)n(CC2CCCCC2)n1.Cl. The Morgan fingerprint density at radius 1 is 1.17 bits per heavy atom. The van der Waals surface area contributed by atoms with E-state index in [0.29, 0.717) is 0 Å². The quantitative estimate of drug-likeness (QED) is 0.875. The Balaban J connectivity index is 0.00000192. The van der Waals surface area contributed by atoms with E-state index in [9.17, 15) is 4.39 Å². The first-order valence-electron chi connectivity index (χ1n) is 8.23. The number of hydrogen-bond acceptors (Lipinski definition) is 2. The molecule has 1 aromatic carbocycles. The number of benzene rings is 1. The molecule has 0 spiro atoms. The highest BCUT2D eigenvalue weighted by Crippen LogP contribution is 2.28. The molecule has 1 N–H and O–H groups in total. The van der Waals surface area contributed by atoms with Gasteiger partial charge in [-0.1, -0.05) is 19.3 Å². The normalized spacial score (nSPS) is 15.4. The van der Waals surface area contributed by atoms with E-state index in [4.69, 9.17) is 5.10 Å². The van der Waals surface area contributed by atoms with Crippen molar-refractivity contribution in [2.45, 2.75) is 45.2 Å². The van der Waals surface area contributed by atoms with E-state index in [0.717, 1.165) is 36.0 Å². The number of nitrogens with one attached hydrogen (secondary N) is 1. The van der Waals surface area contributed by atoms with Crippen LogP contribution in [-0.2, 0) is 13.1 Å². The van der Waals surface area contributed by atoms with Crippen LogP contribution < -0.4 is 5.32 Å². The largest absolute Gasteiger partial charge is 0.314 e. The lowest BCUT2D eigenvalue weighted by molar-refractivity contribution is 0.309. The molecule has 5 heteroatoms. The third-order valence-electron chi connectivity index (χ3n) is 4.48. The van der Waals surface area contributed by atoms with Gasteiger partial charge >= 0.3 is 0 Å². The molecular formula is C18H25ClFN3. The van der Waals surface area contributed by atoms with Crippen molar-refractivity contribution in [3.05, 3.63) is 41.8 Å². The molecule has 2 aromatic rings. The number of halogens is 2. The fourth-order valence-corrected chi connectivity index (χ4v) is 3.34. The third-order valence-corrected chi connectivity index (χ3v) is 4.48. The summed E-state index contributed by atoms with van der Waals surface area (Å²) in [6, 6.07) is 8.84. The molecular weight excluding hydrogens is 313 g/mol. The number of rotatable bonds is 5. The summed E-state index contributed by atoms with van der Waals surface area (Å²) in [6.07, 6.45) is 6.63. The Kier molecular flexibility index (Phi) is 6.60. The number of hydrogen-bond donors (Lipinski definition) is 1.